The van der Waals surface area contributed by atoms with Crippen molar-refractivity contribution in [3.05, 3.63) is 65.7 Å². The van der Waals surface area contributed by atoms with Crippen LogP contribution in [0.1, 0.15) is 28.9 Å². The Morgan fingerprint density at radius 1 is 1.10 bits per heavy atom. The van der Waals surface area contributed by atoms with E-state index < -0.39 is 22.0 Å². The monoisotopic (exact) mass is 304 g/mol. The topological polar surface area (TPSA) is 86.3 Å². The summed E-state index contributed by atoms with van der Waals surface area (Å²) in [5, 5.41) is 10.8. The summed E-state index contributed by atoms with van der Waals surface area (Å²) in [5.41, 5.74) is 0.641. The van der Waals surface area contributed by atoms with Crippen LogP contribution in [0.2, 0.25) is 0 Å². The lowest BCUT2D eigenvalue weighted by Crippen LogP contribution is -2.28. The van der Waals surface area contributed by atoms with Crippen LogP contribution < -0.4 is 9.83 Å². The van der Waals surface area contributed by atoms with E-state index in [-0.39, 0.29) is 10.5 Å². The maximum absolute atomic E-state index is 12.3. The third kappa shape index (κ3) is 3.68. The zero-order chi connectivity index (χ0) is 15.5. The van der Waals surface area contributed by atoms with Crippen LogP contribution in [0.25, 0.3) is 0 Å². The molecule has 2 rings (SSSR count). The Bertz CT molecular complexity index is 741. The number of rotatable bonds is 5. The molecule has 0 unspecified atom stereocenters. The highest BCUT2D eigenvalue weighted by Gasteiger charge is 2.18. The maximum Gasteiger partial charge on any atom is 0.241 e. The lowest BCUT2D eigenvalue weighted by Gasteiger charge is -2.15. The summed E-state index contributed by atoms with van der Waals surface area (Å²) in [7, 11) is -3.80. The van der Waals surface area contributed by atoms with Crippen molar-refractivity contribution in [2.24, 2.45) is 0 Å². The van der Waals surface area contributed by atoms with Gasteiger partial charge in [-0.25, -0.2) is 13.1 Å². The third-order valence-corrected chi connectivity index (χ3v) is 4.55. The second-order valence-electron chi connectivity index (χ2n) is 4.57. The number of carboxylic acids is 1. The van der Waals surface area contributed by atoms with Gasteiger partial charge >= 0.3 is 0 Å². The molecule has 0 saturated carbocycles. The van der Waals surface area contributed by atoms with E-state index in [4.69, 9.17) is 0 Å². The molecule has 2 aromatic carbocycles. The Morgan fingerprint density at radius 3 is 2.38 bits per heavy atom. The molecular weight excluding hydrogens is 290 g/mol. The molecule has 0 aliphatic rings. The first-order chi connectivity index (χ1) is 9.90. The van der Waals surface area contributed by atoms with Crippen LogP contribution >= 0.6 is 0 Å². The minimum absolute atomic E-state index is 0.105. The van der Waals surface area contributed by atoms with Crippen LogP contribution in [-0.2, 0) is 10.0 Å². The SMILES string of the molecule is C[C@H](NS(=O)(=O)c1cccc(C(=O)[O-])c1)c1ccccc1. The van der Waals surface area contributed by atoms with Gasteiger partial charge in [0.1, 0.15) is 0 Å². The second-order valence-corrected chi connectivity index (χ2v) is 6.28. The van der Waals surface area contributed by atoms with Gasteiger partial charge in [-0.3, -0.25) is 0 Å². The van der Waals surface area contributed by atoms with E-state index in [9.17, 15) is 18.3 Å². The molecule has 2 aromatic rings. The molecule has 5 nitrogen and oxygen atoms in total. The van der Waals surface area contributed by atoms with Crippen molar-refractivity contribution in [2.75, 3.05) is 0 Å². The van der Waals surface area contributed by atoms with Crippen LogP contribution in [0.4, 0.5) is 0 Å². The molecule has 0 spiro atoms. The van der Waals surface area contributed by atoms with Gasteiger partial charge in [-0.05, 0) is 30.2 Å². The molecule has 0 bridgehead atoms. The van der Waals surface area contributed by atoms with E-state index in [1.54, 1.807) is 6.92 Å². The first-order valence-electron chi connectivity index (χ1n) is 6.29. The van der Waals surface area contributed by atoms with Gasteiger partial charge in [0.15, 0.2) is 0 Å². The van der Waals surface area contributed by atoms with Crippen molar-refractivity contribution >= 4 is 16.0 Å². The molecule has 6 heteroatoms. The molecule has 0 amide bonds. The van der Waals surface area contributed by atoms with Crippen molar-refractivity contribution in [1.82, 2.24) is 4.72 Å². The molecule has 0 aliphatic heterocycles. The van der Waals surface area contributed by atoms with Crippen molar-refractivity contribution in [1.29, 1.82) is 0 Å². The predicted molar refractivity (Wildman–Crippen MR) is 76.0 cm³/mol. The number of carboxylic acid groups (broad SMARTS) is 1. The first kappa shape index (κ1) is 15.2. The lowest BCUT2D eigenvalue weighted by atomic mass is 10.1. The summed E-state index contributed by atoms with van der Waals surface area (Å²) < 4.78 is 27.0. The number of sulfonamides is 1. The molecular formula is C15H14NO4S-. The summed E-state index contributed by atoms with van der Waals surface area (Å²) in [6.07, 6.45) is 0. The normalized spacial score (nSPS) is 12.8. The predicted octanol–water partition coefficient (Wildman–Crippen LogP) is 1.09. The largest absolute Gasteiger partial charge is 0.545 e. The van der Waals surface area contributed by atoms with E-state index in [0.29, 0.717) is 0 Å². The summed E-state index contributed by atoms with van der Waals surface area (Å²) >= 11 is 0. The Morgan fingerprint density at radius 2 is 1.76 bits per heavy atom. The zero-order valence-electron chi connectivity index (χ0n) is 11.3. The average Bonchev–Trinajstić information content (AvgIpc) is 2.48. The fourth-order valence-electron chi connectivity index (χ4n) is 1.90. The van der Waals surface area contributed by atoms with E-state index in [1.807, 2.05) is 30.3 Å². The maximum atomic E-state index is 12.3. The zero-order valence-corrected chi connectivity index (χ0v) is 12.1. The van der Waals surface area contributed by atoms with E-state index in [2.05, 4.69) is 4.72 Å². The molecule has 1 atom stereocenters. The second kappa shape index (κ2) is 6.07. The van der Waals surface area contributed by atoms with E-state index in [0.717, 1.165) is 11.6 Å². The molecule has 0 saturated heterocycles. The molecule has 0 aromatic heterocycles. The van der Waals surface area contributed by atoms with E-state index >= 15 is 0 Å². The van der Waals surface area contributed by atoms with Gasteiger partial charge in [0.05, 0.1) is 10.9 Å². The third-order valence-electron chi connectivity index (χ3n) is 3.01. The van der Waals surface area contributed by atoms with Gasteiger partial charge in [-0.15, -0.1) is 0 Å². The number of carbonyl (C=O) groups is 1. The van der Waals surface area contributed by atoms with Gasteiger partial charge in [0, 0.05) is 6.04 Å². The Labute approximate surface area is 123 Å². The highest BCUT2D eigenvalue weighted by Crippen LogP contribution is 2.17. The molecule has 0 fully saturated rings. The smallest absolute Gasteiger partial charge is 0.241 e. The number of aromatic carboxylic acids is 1. The van der Waals surface area contributed by atoms with Crippen molar-refractivity contribution < 1.29 is 18.3 Å². The summed E-state index contributed by atoms with van der Waals surface area (Å²) in [5.74, 6) is -1.41. The van der Waals surface area contributed by atoms with Crippen molar-refractivity contribution in [3.8, 4) is 0 Å². The summed E-state index contributed by atoms with van der Waals surface area (Å²) in [4.78, 5) is 10.7. The average molecular weight is 304 g/mol. The molecule has 0 heterocycles. The number of hydrogen-bond donors (Lipinski definition) is 1. The van der Waals surface area contributed by atoms with Gasteiger partial charge in [0.25, 0.3) is 0 Å². The first-order valence-corrected chi connectivity index (χ1v) is 7.77. The van der Waals surface area contributed by atoms with Gasteiger partial charge in [-0.2, -0.15) is 0 Å². The minimum Gasteiger partial charge on any atom is -0.545 e. The number of carbonyl (C=O) groups excluding carboxylic acids is 1. The van der Waals surface area contributed by atoms with E-state index in [1.165, 1.54) is 18.2 Å². The molecule has 21 heavy (non-hydrogen) atoms. The molecule has 110 valence electrons. The quantitative estimate of drug-likeness (QED) is 0.896. The van der Waals surface area contributed by atoms with Gasteiger partial charge < -0.3 is 9.90 Å². The Hall–Kier alpha value is -2.18. The number of hydrogen-bond acceptors (Lipinski definition) is 4. The van der Waals surface area contributed by atoms with Crippen LogP contribution in [0.5, 0.6) is 0 Å². The van der Waals surface area contributed by atoms with Crippen molar-refractivity contribution in [3.63, 3.8) is 0 Å². The van der Waals surface area contributed by atoms with Crippen LogP contribution in [0, 0.1) is 0 Å². The summed E-state index contributed by atoms with van der Waals surface area (Å²) in [6, 6.07) is 13.7. The number of benzene rings is 2. The molecule has 0 radical (unpaired) electrons. The summed E-state index contributed by atoms with van der Waals surface area (Å²) in [6.45, 7) is 1.72. The van der Waals surface area contributed by atoms with Crippen molar-refractivity contribution in [2.45, 2.75) is 17.9 Å². The minimum atomic E-state index is -3.80. The number of nitrogens with one attached hydrogen (secondary N) is 1. The standard InChI is InChI=1S/C15H15NO4S/c1-11(12-6-3-2-4-7-12)16-21(19,20)14-9-5-8-13(10-14)15(17)18/h2-11,16H,1H3,(H,17,18)/p-1/t11-/m0/s1. The fourth-order valence-corrected chi connectivity index (χ4v) is 3.18. The fraction of sp³-hybridized carbons (Fsp3) is 0.133. The van der Waals surface area contributed by atoms with Crippen LogP contribution in [0.3, 0.4) is 0 Å². The highest BCUT2D eigenvalue weighted by atomic mass is 32.2. The van der Waals surface area contributed by atoms with Gasteiger partial charge in [0.2, 0.25) is 10.0 Å². The highest BCUT2D eigenvalue weighted by molar-refractivity contribution is 7.89. The van der Waals surface area contributed by atoms with Crippen LogP contribution in [0.15, 0.2) is 59.5 Å². The Kier molecular flexibility index (Phi) is 4.40. The van der Waals surface area contributed by atoms with Gasteiger partial charge in [-0.1, -0.05) is 42.5 Å². The lowest BCUT2D eigenvalue weighted by molar-refractivity contribution is -0.255. The molecule has 0 aliphatic carbocycles. The molecule has 1 N–H and O–H groups in total. The Balaban J connectivity index is 2.26. The van der Waals surface area contributed by atoms with Crippen LogP contribution in [-0.4, -0.2) is 14.4 Å².